The van der Waals surface area contributed by atoms with E-state index >= 15 is 0 Å². The van der Waals surface area contributed by atoms with Crippen LogP contribution >= 0.6 is 0 Å². The van der Waals surface area contributed by atoms with Crippen LogP contribution in [0.25, 0.3) is 0 Å². The molecule has 1 aliphatic carbocycles. The number of carbonyl (C=O) groups excluding carboxylic acids is 1. The molecule has 4 rings (SSSR count). The minimum atomic E-state index is -0.232. The Kier molecular flexibility index (Phi) is 2.29. The van der Waals surface area contributed by atoms with Crippen molar-refractivity contribution in [2.24, 2.45) is 7.05 Å². The highest BCUT2D eigenvalue weighted by molar-refractivity contribution is 5.99. The maximum absolute atomic E-state index is 12.4. The molecule has 1 N–H and O–H groups in total. The van der Waals surface area contributed by atoms with Gasteiger partial charge >= 0.3 is 0 Å². The minimum absolute atomic E-state index is 0.186. The number of rotatable bonds is 1. The normalized spacial score (nSPS) is 21.4. The van der Waals surface area contributed by atoms with Gasteiger partial charge in [-0.15, -0.1) is 0 Å². The number of carbonyl (C=O) groups is 1. The second-order valence-corrected chi connectivity index (χ2v) is 5.10. The van der Waals surface area contributed by atoms with Crippen molar-refractivity contribution < 1.29 is 4.79 Å². The summed E-state index contributed by atoms with van der Waals surface area (Å²) in [5.41, 5.74) is 2.73. The summed E-state index contributed by atoms with van der Waals surface area (Å²) in [6.07, 6.45) is 5.61. The first kappa shape index (κ1) is 11.4. The van der Waals surface area contributed by atoms with Gasteiger partial charge in [-0.3, -0.25) is 9.48 Å². The molecule has 20 heavy (non-hydrogen) atoms. The van der Waals surface area contributed by atoms with Crippen LogP contribution in [0.4, 0.5) is 5.95 Å². The highest BCUT2D eigenvalue weighted by Gasteiger charge is 2.37. The summed E-state index contributed by atoms with van der Waals surface area (Å²) >= 11 is 0. The van der Waals surface area contributed by atoms with Crippen LogP contribution < -0.4 is 5.32 Å². The Labute approximate surface area is 115 Å². The Bertz CT molecular complexity index is 725. The molecular weight excluding hydrogens is 256 g/mol. The molecule has 0 bridgehead atoms. The molecule has 1 aliphatic heterocycles. The highest BCUT2D eigenvalue weighted by Crippen LogP contribution is 2.39. The third-order valence-electron chi connectivity index (χ3n) is 3.95. The monoisotopic (exact) mass is 270 g/mol. The molecule has 2 aromatic rings. The molecule has 0 aromatic carbocycles. The number of aromatic nitrogens is 5. The largest absolute Gasteiger partial charge is 0.328 e. The number of nitrogens with one attached hydrogen (secondary N) is 1. The lowest BCUT2D eigenvalue weighted by Gasteiger charge is -2.31. The molecule has 0 saturated carbocycles. The Morgan fingerprint density at radius 1 is 1.35 bits per heavy atom. The van der Waals surface area contributed by atoms with Gasteiger partial charge in [0.15, 0.2) is 5.78 Å². The number of hydrogen-bond acceptors (Lipinski definition) is 5. The quantitative estimate of drug-likeness (QED) is 0.837. The first-order chi connectivity index (χ1) is 9.75. The Hall–Kier alpha value is -2.44. The number of aryl methyl sites for hydroxylation is 1. The molecule has 0 unspecified atom stereocenters. The van der Waals surface area contributed by atoms with Gasteiger partial charge in [-0.1, -0.05) is 0 Å². The lowest BCUT2D eigenvalue weighted by atomic mass is 9.87. The number of fused-ring (bicyclic) bond motifs is 1. The van der Waals surface area contributed by atoms with Crippen molar-refractivity contribution in [3.8, 4) is 0 Å². The molecule has 0 radical (unpaired) electrons. The van der Waals surface area contributed by atoms with Crippen molar-refractivity contribution in [1.82, 2.24) is 24.5 Å². The Morgan fingerprint density at radius 2 is 2.25 bits per heavy atom. The fourth-order valence-corrected chi connectivity index (χ4v) is 3.02. The van der Waals surface area contributed by atoms with Crippen LogP contribution in [-0.2, 0) is 11.8 Å². The van der Waals surface area contributed by atoms with E-state index in [2.05, 4.69) is 20.5 Å². The number of hydrogen-bond donors (Lipinski definition) is 1. The minimum Gasteiger partial charge on any atom is -0.328 e. The lowest BCUT2D eigenvalue weighted by Crippen LogP contribution is -2.32. The number of allylic oxidation sites excluding steroid dienone is 2. The molecule has 0 fully saturated rings. The van der Waals surface area contributed by atoms with Crippen LogP contribution in [0.2, 0.25) is 0 Å². The zero-order valence-corrected chi connectivity index (χ0v) is 11.1. The van der Waals surface area contributed by atoms with E-state index in [0.29, 0.717) is 12.4 Å². The van der Waals surface area contributed by atoms with E-state index in [4.69, 9.17) is 0 Å². The predicted octanol–water partition coefficient (Wildman–Crippen LogP) is 1.03. The van der Waals surface area contributed by atoms with Crippen LogP contribution in [-0.4, -0.2) is 30.3 Å². The average Bonchev–Trinajstić information content (AvgIpc) is 3.05. The zero-order valence-electron chi connectivity index (χ0n) is 11.1. The SMILES string of the molecule is Cn1nccc1[C@@H]1C2=C(CCCC2=O)Nc2ncnn21. The number of nitrogens with zero attached hydrogens (tertiary/aromatic N) is 5. The maximum Gasteiger partial charge on any atom is 0.226 e. The summed E-state index contributed by atoms with van der Waals surface area (Å²) < 4.78 is 3.55. The van der Waals surface area contributed by atoms with Crippen LogP contribution in [0.15, 0.2) is 29.9 Å². The van der Waals surface area contributed by atoms with Gasteiger partial charge < -0.3 is 5.32 Å². The van der Waals surface area contributed by atoms with Crippen molar-refractivity contribution in [2.45, 2.75) is 25.3 Å². The third-order valence-corrected chi connectivity index (χ3v) is 3.95. The molecule has 0 amide bonds. The molecule has 0 saturated heterocycles. The Balaban J connectivity index is 1.95. The molecule has 1 atom stereocenters. The summed E-state index contributed by atoms with van der Waals surface area (Å²) in [6.45, 7) is 0. The van der Waals surface area contributed by atoms with E-state index in [9.17, 15) is 4.79 Å². The van der Waals surface area contributed by atoms with Crippen LogP contribution in [0.1, 0.15) is 31.0 Å². The van der Waals surface area contributed by atoms with E-state index in [1.54, 1.807) is 15.6 Å². The molecule has 102 valence electrons. The summed E-state index contributed by atoms with van der Waals surface area (Å²) in [6, 6.07) is 1.69. The van der Waals surface area contributed by atoms with E-state index in [1.807, 2.05) is 13.1 Å². The fraction of sp³-hybridized carbons (Fsp3) is 0.385. The summed E-state index contributed by atoms with van der Waals surface area (Å²) in [7, 11) is 1.88. The Morgan fingerprint density at radius 3 is 3.05 bits per heavy atom. The van der Waals surface area contributed by atoms with Gasteiger partial charge in [0.2, 0.25) is 5.95 Å². The van der Waals surface area contributed by atoms with Crippen molar-refractivity contribution >= 4 is 11.7 Å². The van der Waals surface area contributed by atoms with Crippen molar-refractivity contribution in [2.75, 3.05) is 5.32 Å². The van der Waals surface area contributed by atoms with Gasteiger partial charge in [0.25, 0.3) is 0 Å². The molecule has 7 nitrogen and oxygen atoms in total. The molecule has 2 aromatic heterocycles. The molecule has 2 aliphatic rings. The highest BCUT2D eigenvalue weighted by atomic mass is 16.1. The molecular formula is C13H14N6O. The van der Waals surface area contributed by atoms with Gasteiger partial charge in [0.1, 0.15) is 12.4 Å². The summed E-state index contributed by atoms with van der Waals surface area (Å²) in [5.74, 6) is 0.871. The third kappa shape index (κ3) is 1.46. The average molecular weight is 270 g/mol. The topological polar surface area (TPSA) is 77.6 Å². The summed E-state index contributed by atoms with van der Waals surface area (Å²) in [5, 5.41) is 11.7. The second-order valence-electron chi connectivity index (χ2n) is 5.10. The van der Waals surface area contributed by atoms with Gasteiger partial charge in [-0.25, -0.2) is 4.68 Å². The van der Waals surface area contributed by atoms with Crippen molar-refractivity contribution in [3.05, 3.63) is 35.6 Å². The van der Waals surface area contributed by atoms with E-state index < -0.39 is 0 Å². The van der Waals surface area contributed by atoms with E-state index in [1.165, 1.54) is 6.33 Å². The number of Topliss-reactive ketones (excluding diaryl/α,β-unsaturated/α-hetero) is 1. The molecule has 0 spiro atoms. The van der Waals surface area contributed by atoms with Crippen LogP contribution in [0.3, 0.4) is 0 Å². The number of anilines is 1. The van der Waals surface area contributed by atoms with Crippen molar-refractivity contribution in [1.29, 1.82) is 0 Å². The van der Waals surface area contributed by atoms with Gasteiger partial charge in [-0.05, 0) is 18.9 Å². The van der Waals surface area contributed by atoms with Gasteiger partial charge in [0, 0.05) is 30.9 Å². The van der Waals surface area contributed by atoms with Crippen molar-refractivity contribution in [3.63, 3.8) is 0 Å². The fourth-order valence-electron chi connectivity index (χ4n) is 3.02. The van der Waals surface area contributed by atoms with Crippen LogP contribution in [0.5, 0.6) is 0 Å². The maximum atomic E-state index is 12.4. The van der Waals surface area contributed by atoms with E-state index in [-0.39, 0.29) is 11.8 Å². The first-order valence-electron chi connectivity index (χ1n) is 6.66. The zero-order chi connectivity index (χ0) is 13.7. The summed E-state index contributed by atoms with van der Waals surface area (Å²) in [4.78, 5) is 16.6. The van der Waals surface area contributed by atoms with Gasteiger partial charge in [0.05, 0.1) is 5.69 Å². The molecule has 3 heterocycles. The standard InChI is InChI=1S/C13H14N6O/c1-18-9(5-6-15-18)12-11-8(3-2-4-10(11)20)17-13-14-7-16-19(12)13/h5-7,12H,2-4H2,1H3,(H,14,16,17)/t12-/m1/s1. The molecule has 7 heteroatoms. The second kappa shape index (κ2) is 4.03. The smallest absolute Gasteiger partial charge is 0.226 e. The number of ketones is 1. The predicted molar refractivity (Wildman–Crippen MR) is 70.9 cm³/mol. The first-order valence-corrected chi connectivity index (χ1v) is 6.66. The lowest BCUT2D eigenvalue weighted by molar-refractivity contribution is -0.116. The van der Waals surface area contributed by atoms with Gasteiger partial charge in [-0.2, -0.15) is 15.2 Å². The van der Waals surface area contributed by atoms with E-state index in [0.717, 1.165) is 29.8 Å². The van der Waals surface area contributed by atoms with Crippen LogP contribution in [0, 0.1) is 0 Å².